The minimum atomic E-state index is -1.06. The van der Waals surface area contributed by atoms with Gasteiger partial charge in [0.05, 0.1) is 11.8 Å². The topological polar surface area (TPSA) is 92.8 Å². The van der Waals surface area contributed by atoms with Crippen molar-refractivity contribution in [3.05, 3.63) is 39.9 Å². The second-order valence-corrected chi connectivity index (χ2v) is 9.15. The Balaban J connectivity index is 1.35. The van der Waals surface area contributed by atoms with Crippen LogP contribution >= 0.6 is 15.9 Å². The van der Waals surface area contributed by atoms with E-state index in [1.807, 2.05) is 38.1 Å². The van der Waals surface area contributed by atoms with Gasteiger partial charge < -0.3 is 10.1 Å². The molecule has 5 atom stereocenters. The lowest BCUT2D eigenvalue weighted by molar-refractivity contribution is -0.159. The molecule has 0 spiro atoms. The number of anilines is 1. The van der Waals surface area contributed by atoms with Crippen LogP contribution in [0, 0.1) is 37.5 Å². The van der Waals surface area contributed by atoms with Crippen molar-refractivity contribution in [3.63, 3.8) is 0 Å². The molecule has 1 aromatic rings. The molecule has 1 saturated carbocycles. The number of fused-ring (bicyclic) bond motifs is 5. The van der Waals surface area contributed by atoms with Gasteiger partial charge in [0.25, 0.3) is 5.91 Å². The lowest BCUT2D eigenvalue weighted by Crippen LogP contribution is -2.45. The van der Waals surface area contributed by atoms with Crippen molar-refractivity contribution >= 4 is 45.3 Å². The first-order valence-electron chi connectivity index (χ1n) is 9.97. The van der Waals surface area contributed by atoms with Crippen LogP contribution in [0.15, 0.2) is 28.8 Å². The summed E-state index contributed by atoms with van der Waals surface area (Å²) < 4.78 is 6.05. The molecule has 0 unspecified atom stereocenters. The molecule has 1 aliphatic heterocycles. The number of allylic oxidation sites excluding steroid dienone is 2. The molecule has 30 heavy (non-hydrogen) atoms. The minimum Gasteiger partial charge on any atom is -0.454 e. The lowest BCUT2D eigenvalue weighted by Gasteiger charge is -2.23. The summed E-state index contributed by atoms with van der Waals surface area (Å²) in [6.07, 6.45) is 4.83. The molecule has 1 saturated heterocycles. The zero-order chi connectivity index (χ0) is 21.7. The summed E-state index contributed by atoms with van der Waals surface area (Å²) in [4.78, 5) is 51.3. The quantitative estimate of drug-likeness (QED) is 0.402. The molecule has 0 radical (unpaired) electrons. The molecule has 4 rings (SSSR count). The van der Waals surface area contributed by atoms with Gasteiger partial charge in [-0.1, -0.05) is 28.1 Å². The molecule has 0 aromatic heterocycles. The SMILES string of the molecule is Cc1cc(NC(=O)COC(=O)[C@@H](C)N2C(=O)[C@@H]3[C@H](C2=O)[C@H]2C=C[C@H]3C2)c(C)cc1Br. The van der Waals surface area contributed by atoms with Crippen LogP contribution in [0.5, 0.6) is 0 Å². The molecule has 1 aromatic carbocycles. The van der Waals surface area contributed by atoms with Crippen molar-refractivity contribution in [1.29, 1.82) is 0 Å². The van der Waals surface area contributed by atoms with E-state index in [1.54, 1.807) is 0 Å². The molecule has 7 nitrogen and oxygen atoms in total. The van der Waals surface area contributed by atoms with E-state index in [4.69, 9.17) is 4.74 Å². The van der Waals surface area contributed by atoms with Gasteiger partial charge in [0.15, 0.2) is 6.61 Å². The molecule has 3 amide bonds. The first-order valence-corrected chi connectivity index (χ1v) is 10.8. The highest BCUT2D eigenvalue weighted by Crippen LogP contribution is 2.52. The number of rotatable bonds is 5. The van der Waals surface area contributed by atoms with Gasteiger partial charge in [-0.15, -0.1) is 0 Å². The Bertz CT molecular complexity index is 958. The average Bonchev–Trinajstić information content (AvgIpc) is 3.37. The Morgan fingerprint density at radius 1 is 1.13 bits per heavy atom. The second kappa shape index (κ2) is 7.65. The van der Waals surface area contributed by atoms with Crippen molar-refractivity contribution in [2.45, 2.75) is 33.2 Å². The maximum absolute atomic E-state index is 12.8. The number of aryl methyl sites for hydroxylation is 2. The largest absolute Gasteiger partial charge is 0.454 e. The molecule has 2 fully saturated rings. The van der Waals surface area contributed by atoms with Gasteiger partial charge in [0.1, 0.15) is 6.04 Å². The summed E-state index contributed by atoms with van der Waals surface area (Å²) in [5.41, 5.74) is 2.45. The van der Waals surface area contributed by atoms with Crippen LogP contribution in [-0.2, 0) is 23.9 Å². The van der Waals surface area contributed by atoms with Gasteiger partial charge >= 0.3 is 5.97 Å². The number of hydrogen-bond acceptors (Lipinski definition) is 5. The molecule has 1 N–H and O–H groups in total. The zero-order valence-corrected chi connectivity index (χ0v) is 18.6. The third kappa shape index (κ3) is 3.37. The monoisotopic (exact) mass is 474 g/mol. The third-order valence-electron chi connectivity index (χ3n) is 6.36. The number of likely N-dealkylation sites (tertiary alicyclic amines) is 1. The van der Waals surface area contributed by atoms with E-state index < -0.39 is 24.5 Å². The fourth-order valence-corrected chi connectivity index (χ4v) is 5.23. The Morgan fingerprint density at radius 3 is 2.33 bits per heavy atom. The molecule has 8 heteroatoms. The van der Waals surface area contributed by atoms with E-state index in [9.17, 15) is 19.2 Å². The van der Waals surface area contributed by atoms with E-state index in [2.05, 4.69) is 21.2 Å². The maximum Gasteiger partial charge on any atom is 0.329 e. The number of carbonyl (C=O) groups excluding carboxylic acids is 4. The first-order chi connectivity index (χ1) is 14.2. The predicted molar refractivity (Wildman–Crippen MR) is 112 cm³/mol. The van der Waals surface area contributed by atoms with E-state index in [0.717, 1.165) is 26.9 Å². The summed E-state index contributed by atoms with van der Waals surface area (Å²) in [7, 11) is 0. The zero-order valence-electron chi connectivity index (χ0n) is 17.0. The summed E-state index contributed by atoms with van der Waals surface area (Å²) >= 11 is 3.44. The molecular formula is C22H23BrN2O5. The summed E-state index contributed by atoms with van der Waals surface area (Å²) in [5.74, 6) is -2.45. The van der Waals surface area contributed by atoms with Crippen LogP contribution in [0.3, 0.4) is 0 Å². The van der Waals surface area contributed by atoms with Gasteiger partial charge in [-0.3, -0.25) is 19.3 Å². The van der Waals surface area contributed by atoms with Gasteiger partial charge in [-0.2, -0.15) is 0 Å². The van der Waals surface area contributed by atoms with Crippen molar-refractivity contribution in [3.8, 4) is 0 Å². The van der Waals surface area contributed by atoms with Crippen LogP contribution in [-0.4, -0.2) is 41.2 Å². The second-order valence-electron chi connectivity index (χ2n) is 8.29. The highest BCUT2D eigenvalue weighted by molar-refractivity contribution is 9.10. The fraction of sp³-hybridized carbons (Fsp3) is 0.455. The number of hydrogen-bond donors (Lipinski definition) is 1. The Morgan fingerprint density at radius 2 is 1.73 bits per heavy atom. The summed E-state index contributed by atoms with van der Waals surface area (Å²) in [6, 6.07) is 2.66. The standard InChI is InChI=1S/C22H23BrN2O5/c1-10-7-16(11(2)6-15(10)23)24-17(26)9-30-22(29)12(3)25-20(27)18-13-4-5-14(8-13)19(18)21(25)28/h4-7,12-14,18-19H,8-9H2,1-3H3,(H,24,26)/t12-,13+,14+,18-,19+/m1/s1. The molecule has 3 aliphatic rings. The van der Waals surface area contributed by atoms with E-state index in [1.165, 1.54) is 6.92 Å². The van der Waals surface area contributed by atoms with Crippen LogP contribution in [0.25, 0.3) is 0 Å². The first kappa shape index (κ1) is 20.8. The third-order valence-corrected chi connectivity index (χ3v) is 7.21. The number of amides is 3. The molecular weight excluding hydrogens is 452 g/mol. The van der Waals surface area contributed by atoms with Crippen molar-refractivity contribution in [2.24, 2.45) is 23.7 Å². The number of nitrogens with one attached hydrogen (secondary N) is 1. The Kier molecular flexibility index (Phi) is 5.30. The normalized spacial score (nSPS) is 27.4. The average molecular weight is 475 g/mol. The molecule has 1 heterocycles. The highest BCUT2D eigenvalue weighted by atomic mass is 79.9. The molecule has 2 bridgehead atoms. The van der Waals surface area contributed by atoms with E-state index >= 15 is 0 Å². The van der Waals surface area contributed by atoms with Gasteiger partial charge in [-0.25, -0.2) is 4.79 Å². The Hall–Kier alpha value is -2.48. The maximum atomic E-state index is 12.8. The highest BCUT2D eigenvalue weighted by Gasteiger charge is 2.60. The molecule has 158 valence electrons. The Labute approximate surface area is 183 Å². The van der Waals surface area contributed by atoms with Crippen LogP contribution in [0.4, 0.5) is 5.69 Å². The minimum absolute atomic E-state index is 0.0769. The number of esters is 1. The van der Waals surface area contributed by atoms with E-state index in [-0.39, 0.29) is 35.5 Å². The number of ether oxygens (including phenoxy) is 1. The van der Waals surface area contributed by atoms with Crippen molar-refractivity contribution in [1.82, 2.24) is 4.90 Å². The summed E-state index contributed by atoms with van der Waals surface area (Å²) in [5, 5.41) is 2.72. The smallest absolute Gasteiger partial charge is 0.329 e. The lowest BCUT2D eigenvalue weighted by atomic mass is 9.85. The van der Waals surface area contributed by atoms with Gasteiger partial charge in [-0.05, 0) is 62.3 Å². The number of benzene rings is 1. The number of halogens is 1. The summed E-state index contributed by atoms with van der Waals surface area (Å²) in [6.45, 7) is 4.74. The van der Waals surface area contributed by atoms with Crippen molar-refractivity contribution in [2.75, 3.05) is 11.9 Å². The van der Waals surface area contributed by atoms with E-state index in [0.29, 0.717) is 5.69 Å². The van der Waals surface area contributed by atoms with Crippen LogP contribution in [0.1, 0.15) is 24.5 Å². The number of imide groups is 1. The molecule has 2 aliphatic carbocycles. The number of nitrogens with zero attached hydrogens (tertiary/aromatic N) is 1. The number of carbonyl (C=O) groups is 4. The predicted octanol–water partition coefficient (Wildman–Crippen LogP) is 2.74. The fourth-order valence-electron chi connectivity index (χ4n) is 4.77. The van der Waals surface area contributed by atoms with Gasteiger partial charge in [0, 0.05) is 10.2 Å². The van der Waals surface area contributed by atoms with Crippen LogP contribution in [0.2, 0.25) is 0 Å². The van der Waals surface area contributed by atoms with Gasteiger partial charge in [0.2, 0.25) is 11.8 Å². The van der Waals surface area contributed by atoms with Crippen molar-refractivity contribution < 1.29 is 23.9 Å². The van der Waals surface area contributed by atoms with Crippen LogP contribution < -0.4 is 5.32 Å².